The van der Waals surface area contributed by atoms with Crippen molar-refractivity contribution in [3.63, 3.8) is 0 Å². The Labute approximate surface area is 110 Å². The molecule has 0 N–H and O–H groups in total. The van der Waals surface area contributed by atoms with E-state index in [0.29, 0.717) is 0 Å². The molecule has 2 heteroatoms. The molecule has 2 aliphatic heterocycles. The number of likely N-dealkylation sites (tertiary alicyclic amines) is 1. The Morgan fingerprint density at radius 2 is 1.83 bits per heavy atom. The molecule has 0 radical (unpaired) electrons. The summed E-state index contributed by atoms with van der Waals surface area (Å²) >= 11 is 0. The van der Waals surface area contributed by atoms with Crippen LogP contribution in [-0.2, 0) is 5.41 Å². The maximum Gasteiger partial charge on any atom is 0.0671 e. The monoisotopic (exact) mass is 242 g/mol. The second-order valence-electron chi connectivity index (χ2n) is 6.04. The summed E-state index contributed by atoms with van der Waals surface area (Å²) < 4.78 is 0. The second-order valence-corrected chi connectivity index (χ2v) is 6.04. The molecule has 3 rings (SSSR count). The Balaban J connectivity index is 1.82. The average molecular weight is 242 g/mol. The summed E-state index contributed by atoms with van der Waals surface area (Å²) in [6.45, 7) is 8.14. The SMILES string of the molecule is CC1(C)C(CN2CCCCC2)=Nc2ccccc21. The van der Waals surface area contributed by atoms with Crippen LogP contribution in [0.2, 0.25) is 0 Å². The fourth-order valence-electron chi connectivity index (χ4n) is 3.10. The fourth-order valence-corrected chi connectivity index (χ4v) is 3.10. The van der Waals surface area contributed by atoms with E-state index in [9.17, 15) is 0 Å². The van der Waals surface area contributed by atoms with Crippen molar-refractivity contribution >= 4 is 11.4 Å². The van der Waals surface area contributed by atoms with Crippen molar-refractivity contribution in [1.82, 2.24) is 4.90 Å². The predicted molar refractivity (Wildman–Crippen MR) is 76.9 cm³/mol. The van der Waals surface area contributed by atoms with Crippen molar-refractivity contribution in [3.8, 4) is 0 Å². The molecule has 0 bridgehead atoms. The maximum absolute atomic E-state index is 4.87. The summed E-state index contributed by atoms with van der Waals surface area (Å²) in [6.07, 6.45) is 4.09. The zero-order valence-electron chi connectivity index (χ0n) is 11.4. The van der Waals surface area contributed by atoms with Crippen molar-refractivity contribution in [2.45, 2.75) is 38.5 Å². The zero-order chi connectivity index (χ0) is 12.6. The number of fused-ring (bicyclic) bond motifs is 1. The van der Waals surface area contributed by atoms with E-state index in [1.165, 1.54) is 49.3 Å². The van der Waals surface area contributed by atoms with Crippen LogP contribution in [0.3, 0.4) is 0 Å². The van der Waals surface area contributed by atoms with Crippen molar-refractivity contribution < 1.29 is 0 Å². The third-order valence-electron chi connectivity index (χ3n) is 4.38. The lowest BCUT2D eigenvalue weighted by atomic mass is 9.81. The Bertz CT molecular complexity index is 468. The van der Waals surface area contributed by atoms with Gasteiger partial charge in [0, 0.05) is 17.7 Å². The first-order valence-corrected chi connectivity index (χ1v) is 7.08. The minimum atomic E-state index is 0.105. The smallest absolute Gasteiger partial charge is 0.0671 e. The van der Waals surface area contributed by atoms with Gasteiger partial charge >= 0.3 is 0 Å². The standard InChI is InChI=1S/C16H22N2/c1-16(2)13-8-4-5-9-14(13)17-15(16)12-18-10-6-3-7-11-18/h4-5,8-9H,3,6-7,10-12H2,1-2H3. The first kappa shape index (κ1) is 11.9. The van der Waals surface area contributed by atoms with Gasteiger partial charge in [0.2, 0.25) is 0 Å². The molecular formula is C16H22N2. The van der Waals surface area contributed by atoms with Gasteiger partial charge in [0.15, 0.2) is 0 Å². The van der Waals surface area contributed by atoms with Crippen LogP contribution < -0.4 is 0 Å². The first-order chi connectivity index (χ1) is 8.68. The van der Waals surface area contributed by atoms with E-state index in [4.69, 9.17) is 4.99 Å². The van der Waals surface area contributed by atoms with Crippen LogP contribution in [0.5, 0.6) is 0 Å². The van der Waals surface area contributed by atoms with Gasteiger partial charge in [0.25, 0.3) is 0 Å². The molecule has 2 nitrogen and oxygen atoms in total. The van der Waals surface area contributed by atoms with E-state index in [0.717, 1.165) is 6.54 Å². The number of para-hydroxylation sites is 1. The van der Waals surface area contributed by atoms with Gasteiger partial charge in [-0.1, -0.05) is 38.5 Å². The Kier molecular flexibility index (Phi) is 2.98. The van der Waals surface area contributed by atoms with Crippen LogP contribution in [0.1, 0.15) is 38.7 Å². The van der Waals surface area contributed by atoms with Gasteiger partial charge in [-0.2, -0.15) is 0 Å². The Hall–Kier alpha value is -1.15. The largest absolute Gasteiger partial charge is 0.298 e. The summed E-state index contributed by atoms with van der Waals surface area (Å²) in [5.74, 6) is 0. The maximum atomic E-state index is 4.87. The van der Waals surface area contributed by atoms with Crippen LogP contribution >= 0.6 is 0 Å². The van der Waals surface area contributed by atoms with Gasteiger partial charge in [-0.05, 0) is 37.6 Å². The molecule has 0 unspecified atom stereocenters. The lowest BCUT2D eigenvalue weighted by Gasteiger charge is -2.30. The third-order valence-corrected chi connectivity index (χ3v) is 4.38. The molecule has 0 aliphatic carbocycles. The summed E-state index contributed by atoms with van der Waals surface area (Å²) in [7, 11) is 0. The minimum absolute atomic E-state index is 0.105. The lowest BCUT2D eigenvalue weighted by Crippen LogP contribution is -2.40. The van der Waals surface area contributed by atoms with Crippen LogP contribution in [0, 0.1) is 0 Å². The Morgan fingerprint density at radius 3 is 2.56 bits per heavy atom. The quantitative estimate of drug-likeness (QED) is 0.774. The molecule has 0 atom stereocenters. The molecular weight excluding hydrogens is 220 g/mol. The summed E-state index contributed by atoms with van der Waals surface area (Å²) in [5, 5.41) is 0. The van der Waals surface area contributed by atoms with Gasteiger partial charge < -0.3 is 0 Å². The molecule has 1 saturated heterocycles. The van der Waals surface area contributed by atoms with Gasteiger partial charge in [0.05, 0.1) is 5.69 Å². The first-order valence-electron chi connectivity index (χ1n) is 7.08. The topological polar surface area (TPSA) is 15.6 Å². The number of hydrogen-bond acceptors (Lipinski definition) is 2. The molecule has 2 aliphatic rings. The minimum Gasteiger partial charge on any atom is -0.298 e. The second kappa shape index (κ2) is 4.51. The number of hydrogen-bond donors (Lipinski definition) is 0. The van der Waals surface area contributed by atoms with Gasteiger partial charge in [-0.25, -0.2) is 0 Å². The van der Waals surface area contributed by atoms with E-state index in [1.54, 1.807) is 0 Å². The highest BCUT2D eigenvalue weighted by molar-refractivity contribution is 6.02. The molecule has 2 heterocycles. The van der Waals surface area contributed by atoms with Crippen LogP contribution in [-0.4, -0.2) is 30.2 Å². The van der Waals surface area contributed by atoms with Crippen LogP contribution in [0.4, 0.5) is 5.69 Å². The van der Waals surface area contributed by atoms with Gasteiger partial charge in [0.1, 0.15) is 0 Å². The van der Waals surface area contributed by atoms with Crippen LogP contribution in [0.25, 0.3) is 0 Å². The molecule has 96 valence electrons. The van der Waals surface area contributed by atoms with Crippen molar-refractivity contribution in [1.29, 1.82) is 0 Å². The van der Waals surface area contributed by atoms with E-state index >= 15 is 0 Å². The predicted octanol–water partition coefficient (Wildman–Crippen LogP) is 3.54. The highest BCUT2D eigenvalue weighted by Crippen LogP contribution is 2.39. The molecule has 0 spiro atoms. The van der Waals surface area contributed by atoms with E-state index in [-0.39, 0.29) is 5.41 Å². The van der Waals surface area contributed by atoms with E-state index in [1.807, 2.05) is 0 Å². The highest BCUT2D eigenvalue weighted by atomic mass is 15.1. The van der Waals surface area contributed by atoms with Crippen molar-refractivity contribution in [2.24, 2.45) is 4.99 Å². The van der Waals surface area contributed by atoms with Crippen molar-refractivity contribution in [2.75, 3.05) is 19.6 Å². The number of aliphatic imine (C=N–C) groups is 1. The van der Waals surface area contributed by atoms with E-state index < -0.39 is 0 Å². The fraction of sp³-hybridized carbons (Fsp3) is 0.562. The lowest BCUT2D eigenvalue weighted by molar-refractivity contribution is 0.255. The number of nitrogens with zero attached hydrogens (tertiary/aromatic N) is 2. The molecule has 0 amide bonds. The van der Waals surface area contributed by atoms with Crippen molar-refractivity contribution in [3.05, 3.63) is 29.8 Å². The Morgan fingerprint density at radius 1 is 1.11 bits per heavy atom. The van der Waals surface area contributed by atoms with Crippen LogP contribution in [0.15, 0.2) is 29.3 Å². The number of benzene rings is 1. The number of rotatable bonds is 2. The molecule has 0 aromatic heterocycles. The number of piperidine rings is 1. The third kappa shape index (κ3) is 1.99. The summed E-state index contributed by atoms with van der Waals surface area (Å²) in [5.41, 5.74) is 4.01. The molecule has 18 heavy (non-hydrogen) atoms. The molecule has 1 aromatic carbocycles. The highest BCUT2D eigenvalue weighted by Gasteiger charge is 2.35. The average Bonchev–Trinajstić information content (AvgIpc) is 2.63. The van der Waals surface area contributed by atoms with Gasteiger partial charge in [-0.3, -0.25) is 9.89 Å². The van der Waals surface area contributed by atoms with Gasteiger partial charge in [-0.15, -0.1) is 0 Å². The normalized spacial score (nSPS) is 22.7. The molecule has 1 aromatic rings. The van der Waals surface area contributed by atoms with E-state index in [2.05, 4.69) is 43.0 Å². The molecule has 1 fully saturated rings. The molecule has 0 saturated carbocycles. The summed E-state index contributed by atoms with van der Waals surface area (Å²) in [6, 6.07) is 8.57. The summed E-state index contributed by atoms with van der Waals surface area (Å²) in [4.78, 5) is 7.44. The zero-order valence-corrected chi connectivity index (χ0v) is 11.4.